The largest absolute Gasteiger partial charge is 0.0149 e. The molecule has 0 nitrogen and oxygen atoms in total. The molecule has 0 fully saturated rings. The molecule has 0 amide bonds. The minimum atomic E-state index is -2.25. The molecule has 2 heteroatoms. The van der Waals surface area contributed by atoms with E-state index in [9.17, 15) is 0 Å². The summed E-state index contributed by atoms with van der Waals surface area (Å²) in [4.78, 5) is 0. The molecule has 3 aromatic rings. The molecule has 0 aromatic heterocycles. The molecular weight excluding hydrogens is 364 g/mol. The number of rotatable bonds is 3. The summed E-state index contributed by atoms with van der Waals surface area (Å²) in [5, 5.41) is 5.11. The van der Waals surface area contributed by atoms with Crippen molar-refractivity contribution in [3.05, 3.63) is 95.6 Å². The Bertz CT molecular complexity index is 927. The van der Waals surface area contributed by atoms with Gasteiger partial charge < -0.3 is 0 Å². The van der Waals surface area contributed by atoms with Gasteiger partial charge >= 0.3 is 155 Å². The third-order valence-electron chi connectivity index (χ3n) is 5.60. The van der Waals surface area contributed by atoms with E-state index in [0.717, 1.165) is 0 Å². The molecule has 132 valence electrons. The first-order valence-electron chi connectivity index (χ1n) is 9.01. The topological polar surface area (TPSA) is 0 Å². The summed E-state index contributed by atoms with van der Waals surface area (Å²) in [5.74, 6) is 0. The van der Waals surface area contributed by atoms with E-state index >= 15 is 0 Å². The molecule has 0 bridgehead atoms. The van der Waals surface area contributed by atoms with Crippen LogP contribution in [0.3, 0.4) is 0 Å². The quantitative estimate of drug-likeness (QED) is 0.554. The molecule has 26 heavy (non-hydrogen) atoms. The summed E-state index contributed by atoms with van der Waals surface area (Å²) in [7, 11) is 0. The average molecular weight is 392 g/mol. The van der Waals surface area contributed by atoms with Crippen LogP contribution >= 0.6 is 0 Å². The van der Waals surface area contributed by atoms with Crippen LogP contribution in [0.2, 0.25) is 10.5 Å². The summed E-state index contributed by atoms with van der Waals surface area (Å²) < 4.78 is 2.18. The van der Waals surface area contributed by atoms with Gasteiger partial charge in [0.15, 0.2) is 0 Å². The summed E-state index contributed by atoms with van der Waals surface area (Å²) in [5.41, 5.74) is 7.19. The van der Waals surface area contributed by atoms with E-state index in [1.54, 1.807) is 3.87 Å². The first kappa shape index (κ1) is 19.1. The molecule has 1 unspecified atom stereocenters. The van der Waals surface area contributed by atoms with E-state index in [-0.39, 0.29) is 11.0 Å². The summed E-state index contributed by atoms with van der Waals surface area (Å²) in [6.07, 6.45) is 2.44. The molecule has 0 saturated carbocycles. The van der Waals surface area contributed by atoms with Gasteiger partial charge in [-0.1, -0.05) is 0 Å². The number of benzene rings is 3. The molecule has 0 radical (unpaired) electrons. The number of hydrogen-bond acceptors (Lipinski definition) is 0. The summed E-state index contributed by atoms with van der Waals surface area (Å²) >= 11 is -2.25. The van der Waals surface area contributed by atoms with Crippen molar-refractivity contribution in [1.82, 2.24) is 0 Å². The monoisotopic (exact) mass is 392 g/mol. The number of allylic oxidation sites excluding steroid dienone is 1. The Balaban J connectivity index is 0.00000196. The zero-order valence-corrected chi connectivity index (χ0v) is 16.7. The molecule has 4 rings (SSSR count). The second kappa shape index (κ2) is 7.52. The third-order valence-corrected chi connectivity index (χ3v) is 11.9. The maximum atomic E-state index is 2.56. The molecule has 1 atom stereocenters. The van der Waals surface area contributed by atoms with Gasteiger partial charge in [-0.2, -0.15) is 0 Å². The van der Waals surface area contributed by atoms with E-state index < -0.39 is 16.6 Å². The van der Waals surface area contributed by atoms with Crippen molar-refractivity contribution in [3.8, 4) is 11.1 Å². The smallest absolute Gasteiger partial charge is 0.0149 e. The Labute approximate surface area is 165 Å². The normalized spacial score (nSPS) is 15.8. The van der Waals surface area contributed by atoms with E-state index in [2.05, 4.69) is 102 Å². The summed E-state index contributed by atoms with van der Waals surface area (Å²) in [6.45, 7) is 2.33. The van der Waals surface area contributed by atoms with Crippen molar-refractivity contribution in [3.63, 3.8) is 0 Å². The second-order valence-corrected chi connectivity index (χ2v) is 14.8. The molecule has 0 N–H and O–H groups in total. The van der Waals surface area contributed by atoms with Crippen LogP contribution in [-0.2, 0) is 16.6 Å². The van der Waals surface area contributed by atoms with Crippen LogP contribution in [0.15, 0.2) is 84.4 Å². The number of hydrogen-bond donors (Lipinski definition) is 0. The fraction of sp³-hybridized carbons (Fsp3) is 0.167. The molecule has 1 aliphatic carbocycles. The van der Waals surface area contributed by atoms with Crippen LogP contribution < -0.4 is 3.87 Å². The first-order valence-corrected chi connectivity index (χ1v) is 13.8. The zero-order valence-electron chi connectivity index (χ0n) is 15.2. The van der Waals surface area contributed by atoms with Crippen LogP contribution in [0.4, 0.5) is 0 Å². The molecule has 0 aliphatic heterocycles. The minimum Gasteiger partial charge on any atom is -0.0149 e. The van der Waals surface area contributed by atoms with Crippen LogP contribution in [0, 0.1) is 0 Å². The Morgan fingerprint density at radius 1 is 0.731 bits per heavy atom. The predicted molar refractivity (Wildman–Crippen MR) is 117 cm³/mol. The van der Waals surface area contributed by atoms with Gasteiger partial charge in [0.25, 0.3) is 0 Å². The molecule has 0 spiro atoms. The van der Waals surface area contributed by atoms with E-state index in [0.29, 0.717) is 4.22 Å². The zero-order chi connectivity index (χ0) is 17.4. The van der Waals surface area contributed by atoms with Gasteiger partial charge in [0.1, 0.15) is 0 Å². The van der Waals surface area contributed by atoms with Crippen LogP contribution in [-0.4, -0.2) is 11.0 Å². The SMILES string of the molecule is CC1=Cc2c(-c3ccccc3)cccc2[CH]1[Ti]([CH3])([CH3])[c]1ccccc1.[SiH4]. The molecule has 1 aliphatic rings. The first-order chi connectivity index (χ1) is 12.1. The minimum absolute atomic E-state index is 0. The van der Waals surface area contributed by atoms with Crippen molar-refractivity contribution in [2.45, 2.75) is 21.6 Å². The van der Waals surface area contributed by atoms with Gasteiger partial charge in [0.05, 0.1) is 0 Å². The van der Waals surface area contributed by atoms with Gasteiger partial charge in [0.2, 0.25) is 0 Å². The fourth-order valence-corrected chi connectivity index (χ4v) is 10.1. The van der Waals surface area contributed by atoms with E-state index in [1.165, 1.54) is 27.8 Å². The van der Waals surface area contributed by atoms with Crippen LogP contribution in [0.1, 0.15) is 22.3 Å². The molecule has 0 saturated heterocycles. The van der Waals surface area contributed by atoms with Crippen molar-refractivity contribution in [2.75, 3.05) is 0 Å². The van der Waals surface area contributed by atoms with Gasteiger partial charge in [-0.3, -0.25) is 0 Å². The van der Waals surface area contributed by atoms with Crippen molar-refractivity contribution in [1.29, 1.82) is 0 Å². The fourth-order valence-electron chi connectivity index (χ4n) is 4.41. The molecule has 0 heterocycles. The Kier molecular flexibility index (Phi) is 5.53. The van der Waals surface area contributed by atoms with Gasteiger partial charge in [0, 0.05) is 0 Å². The van der Waals surface area contributed by atoms with Crippen LogP contribution in [0.5, 0.6) is 0 Å². The predicted octanol–water partition coefficient (Wildman–Crippen LogP) is 4.94. The van der Waals surface area contributed by atoms with Crippen molar-refractivity contribution >= 4 is 20.9 Å². The van der Waals surface area contributed by atoms with Crippen LogP contribution in [0.25, 0.3) is 17.2 Å². The maximum Gasteiger partial charge on any atom is -0.0149 e. The average Bonchev–Trinajstić information content (AvgIpc) is 2.99. The second-order valence-electron chi connectivity index (χ2n) is 7.58. The van der Waals surface area contributed by atoms with Crippen molar-refractivity contribution in [2.24, 2.45) is 0 Å². The Morgan fingerprint density at radius 3 is 2.00 bits per heavy atom. The standard InChI is InChI=1S/C16H13.C6H5.2CH3.H4Si.Ti/c1-12-10-14-8-5-9-15(16(14)11-12)13-6-3-2-4-7-13;1-2-4-6-5-3-1;;;;/h2-11H,1H3;1-5H;2*1H3;1H4;. The third kappa shape index (κ3) is 3.20. The Morgan fingerprint density at radius 2 is 1.35 bits per heavy atom. The molecular formula is C24H28SiTi. The summed E-state index contributed by atoms with van der Waals surface area (Å²) in [6, 6.07) is 28.8. The maximum absolute atomic E-state index is 2.56. The van der Waals surface area contributed by atoms with Gasteiger partial charge in [-0.05, 0) is 11.0 Å². The van der Waals surface area contributed by atoms with Gasteiger partial charge in [-0.25, -0.2) is 0 Å². The molecule has 3 aromatic carbocycles. The van der Waals surface area contributed by atoms with E-state index in [1.807, 2.05) is 0 Å². The van der Waals surface area contributed by atoms with Gasteiger partial charge in [-0.15, -0.1) is 0 Å². The number of fused-ring (bicyclic) bond motifs is 1. The van der Waals surface area contributed by atoms with E-state index in [4.69, 9.17) is 0 Å². The van der Waals surface area contributed by atoms with Crippen molar-refractivity contribution < 1.29 is 16.6 Å². The Hall–Kier alpha value is -1.67.